The number of hydrogen-bond acceptors (Lipinski definition) is 7. The molecule has 0 saturated heterocycles. The number of anilines is 2. The largest absolute Gasteiger partial charge is 0.493 e. The van der Waals surface area contributed by atoms with Crippen molar-refractivity contribution in [2.45, 2.75) is 33.1 Å². The van der Waals surface area contributed by atoms with E-state index in [1.165, 1.54) is 36.4 Å². The molecule has 0 atom stereocenters. The standard InChI is InChI=1S/C34H36F2N4O5/c1-4-40(5-2)17-18-44-31-21-27-25(20-30(31)43-3)28(13-16-37-27)45-29-12-11-24(19-26(29)36)39-33(42)34(14-6-15-34)32(41)38-23-9-7-22(35)8-10-23/h7-13,16,19-21H,4-6,14-15,17-18H2,1-3H3,(H,38,41)(H,39,42). The number of likely N-dealkylation sites (N-methyl/N-ethyl adjacent to an activating group) is 1. The third-order valence-electron chi connectivity index (χ3n) is 8.13. The molecular formula is C34H36F2N4O5. The van der Waals surface area contributed by atoms with Crippen LogP contribution in [-0.4, -0.2) is 55.0 Å². The van der Waals surface area contributed by atoms with Gasteiger partial charge in [0.25, 0.3) is 0 Å². The Kier molecular flexibility index (Phi) is 9.77. The molecule has 1 heterocycles. The maximum absolute atomic E-state index is 15.3. The number of methoxy groups -OCH3 is 1. The zero-order valence-electron chi connectivity index (χ0n) is 25.5. The highest BCUT2D eigenvalue weighted by molar-refractivity contribution is 6.15. The van der Waals surface area contributed by atoms with Crippen molar-refractivity contribution < 1.29 is 32.6 Å². The monoisotopic (exact) mass is 618 g/mol. The quantitative estimate of drug-likeness (QED) is 0.159. The van der Waals surface area contributed by atoms with E-state index in [0.717, 1.165) is 25.7 Å². The van der Waals surface area contributed by atoms with Crippen molar-refractivity contribution in [2.24, 2.45) is 5.41 Å². The van der Waals surface area contributed by atoms with Gasteiger partial charge in [0.1, 0.15) is 23.6 Å². The Morgan fingerprint density at radius 3 is 2.18 bits per heavy atom. The second kappa shape index (κ2) is 13.9. The second-order valence-electron chi connectivity index (χ2n) is 10.8. The van der Waals surface area contributed by atoms with E-state index >= 15 is 4.39 Å². The van der Waals surface area contributed by atoms with Crippen molar-refractivity contribution in [1.29, 1.82) is 0 Å². The van der Waals surface area contributed by atoms with E-state index in [1.54, 1.807) is 31.5 Å². The molecule has 0 aliphatic heterocycles. The second-order valence-corrected chi connectivity index (χ2v) is 10.8. The summed E-state index contributed by atoms with van der Waals surface area (Å²) in [5.74, 6) is -0.841. The van der Waals surface area contributed by atoms with Gasteiger partial charge in [-0.1, -0.05) is 20.3 Å². The lowest BCUT2D eigenvalue weighted by molar-refractivity contribution is -0.142. The van der Waals surface area contributed by atoms with E-state index in [1.807, 2.05) is 0 Å². The van der Waals surface area contributed by atoms with Crippen LogP contribution in [0.25, 0.3) is 10.9 Å². The van der Waals surface area contributed by atoms with Gasteiger partial charge in [-0.25, -0.2) is 8.78 Å². The van der Waals surface area contributed by atoms with E-state index in [9.17, 15) is 14.0 Å². The molecule has 1 aliphatic rings. The average molecular weight is 619 g/mol. The first-order chi connectivity index (χ1) is 21.8. The number of carbonyl (C=O) groups excluding carboxylic acids is 2. The summed E-state index contributed by atoms with van der Waals surface area (Å²) in [6.07, 6.45) is 2.94. The van der Waals surface area contributed by atoms with E-state index in [-0.39, 0.29) is 11.4 Å². The minimum Gasteiger partial charge on any atom is -0.493 e. The molecule has 1 saturated carbocycles. The minimum absolute atomic E-state index is 0.0635. The molecule has 1 fully saturated rings. The molecule has 1 aliphatic carbocycles. The van der Waals surface area contributed by atoms with Gasteiger partial charge < -0.3 is 29.7 Å². The topological polar surface area (TPSA) is 102 Å². The molecule has 0 spiro atoms. The number of hydrogen-bond donors (Lipinski definition) is 2. The first kappa shape index (κ1) is 31.6. The molecule has 0 radical (unpaired) electrons. The van der Waals surface area contributed by atoms with Crippen LogP contribution in [0.2, 0.25) is 0 Å². The van der Waals surface area contributed by atoms with E-state index < -0.39 is 28.9 Å². The fourth-order valence-electron chi connectivity index (χ4n) is 5.22. The van der Waals surface area contributed by atoms with Crippen molar-refractivity contribution in [3.05, 3.63) is 78.5 Å². The van der Waals surface area contributed by atoms with Crippen LogP contribution in [0.15, 0.2) is 66.9 Å². The van der Waals surface area contributed by atoms with Gasteiger partial charge in [0.15, 0.2) is 23.1 Å². The maximum Gasteiger partial charge on any atom is 0.240 e. The molecule has 9 nitrogen and oxygen atoms in total. The van der Waals surface area contributed by atoms with Crippen LogP contribution in [0.4, 0.5) is 20.2 Å². The SMILES string of the molecule is CCN(CC)CCOc1cc2nccc(Oc3ccc(NC(=O)C4(C(=O)Nc5ccc(F)cc5)CCC4)cc3F)c2cc1OC. The smallest absolute Gasteiger partial charge is 0.240 e. The summed E-state index contributed by atoms with van der Waals surface area (Å²) in [6.45, 7) is 7.30. The molecule has 3 aromatic carbocycles. The van der Waals surface area contributed by atoms with Crippen molar-refractivity contribution in [3.8, 4) is 23.0 Å². The van der Waals surface area contributed by atoms with Gasteiger partial charge in [0.05, 0.1) is 12.6 Å². The molecule has 2 N–H and O–H groups in total. The lowest BCUT2D eigenvalue weighted by Crippen LogP contribution is -2.50. The molecule has 45 heavy (non-hydrogen) atoms. The zero-order valence-corrected chi connectivity index (χ0v) is 25.5. The van der Waals surface area contributed by atoms with Crippen LogP contribution in [0.1, 0.15) is 33.1 Å². The van der Waals surface area contributed by atoms with Crippen LogP contribution in [0, 0.1) is 17.0 Å². The fraction of sp³-hybridized carbons (Fsp3) is 0.324. The maximum atomic E-state index is 15.3. The molecule has 0 bridgehead atoms. The predicted molar refractivity (Wildman–Crippen MR) is 168 cm³/mol. The number of pyridine rings is 1. The van der Waals surface area contributed by atoms with Gasteiger partial charge in [0, 0.05) is 41.6 Å². The molecule has 4 aromatic rings. The van der Waals surface area contributed by atoms with Crippen molar-refractivity contribution in [2.75, 3.05) is 44.0 Å². The summed E-state index contributed by atoms with van der Waals surface area (Å²) >= 11 is 0. The Bertz CT molecular complexity index is 1670. The van der Waals surface area contributed by atoms with Crippen molar-refractivity contribution in [3.63, 3.8) is 0 Å². The fourth-order valence-corrected chi connectivity index (χ4v) is 5.22. The Balaban J connectivity index is 1.29. The Labute approximate surface area is 260 Å². The Morgan fingerprint density at radius 1 is 0.867 bits per heavy atom. The minimum atomic E-state index is -1.30. The normalized spacial score (nSPS) is 13.6. The number of ether oxygens (including phenoxy) is 3. The number of benzene rings is 3. The molecule has 11 heteroatoms. The number of carbonyl (C=O) groups is 2. The highest BCUT2D eigenvalue weighted by atomic mass is 19.1. The molecule has 0 unspecified atom stereocenters. The van der Waals surface area contributed by atoms with Crippen molar-refractivity contribution in [1.82, 2.24) is 9.88 Å². The molecule has 5 rings (SSSR count). The van der Waals surface area contributed by atoms with Gasteiger partial charge in [-0.3, -0.25) is 14.6 Å². The highest BCUT2D eigenvalue weighted by Gasteiger charge is 2.50. The summed E-state index contributed by atoms with van der Waals surface area (Å²) in [6, 6.07) is 14.5. The number of fused-ring (bicyclic) bond motifs is 1. The number of aromatic nitrogens is 1. The highest BCUT2D eigenvalue weighted by Crippen LogP contribution is 2.43. The number of nitrogens with zero attached hydrogens (tertiary/aromatic N) is 2. The lowest BCUT2D eigenvalue weighted by atomic mass is 9.67. The summed E-state index contributed by atoms with van der Waals surface area (Å²) in [5.41, 5.74) is -0.157. The van der Waals surface area contributed by atoms with Gasteiger partial charge in [-0.2, -0.15) is 0 Å². The first-order valence-electron chi connectivity index (χ1n) is 14.9. The van der Waals surface area contributed by atoms with E-state index in [2.05, 4.69) is 34.4 Å². The number of amides is 2. The van der Waals surface area contributed by atoms with Crippen LogP contribution in [-0.2, 0) is 9.59 Å². The van der Waals surface area contributed by atoms with Gasteiger partial charge >= 0.3 is 0 Å². The van der Waals surface area contributed by atoms with Crippen LogP contribution >= 0.6 is 0 Å². The number of rotatable bonds is 13. The van der Waals surface area contributed by atoms with Crippen LogP contribution in [0.5, 0.6) is 23.0 Å². The summed E-state index contributed by atoms with van der Waals surface area (Å²) < 4.78 is 46.0. The lowest BCUT2D eigenvalue weighted by Gasteiger charge is -2.38. The van der Waals surface area contributed by atoms with Crippen molar-refractivity contribution >= 4 is 34.1 Å². The first-order valence-corrected chi connectivity index (χ1v) is 14.9. The van der Waals surface area contributed by atoms with E-state index in [0.29, 0.717) is 59.7 Å². The summed E-state index contributed by atoms with van der Waals surface area (Å²) in [5, 5.41) is 5.96. The van der Waals surface area contributed by atoms with Crippen LogP contribution < -0.4 is 24.8 Å². The van der Waals surface area contributed by atoms with E-state index in [4.69, 9.17) is 14.2 Å². The van der Waals surface area contributed by atoms with Gasteiger partial charge in [-0.05, 0) is 74.5 Å². The molecule has 1 aromatic heterocycles. The summed E-state index contributed by atoms with van der Waals surface area (Å²) in [4.78, 5) is 33.0. The van der Waals surface area contributed by atoms with Gasteiger partial charge in [0.2, 0.25) is 11.8 Å². The number of nitrogens with one attached hydrogen (secondary N) is 2. The predicted octanol–water partition coefficient (Wildman–Crippen LogP) is 6.78. The third-order valence-corrected chi connectivity index (χ3v) is 8.13. The Hall–Kier alpha value is -4.77. The number of halogens is 2. The molecular weight excluding hydrogens is 582 g/mol. The zero-order chi connectivity index (χ0) is 32.0. The molecule has 2 amide bonds. The third kappa shape index (κ3) is 6.99. The summed E-state index contributed by atoms with van der Waals surface area (Å²) in [7, 11) is 1.54. The average Bonchev–Trinajstić information content (AvgIpc) is 3.01. The van der Waals surface area contributed by atoms with Gasteiger partial charge in [-0.15, -0.1) is 0 Å². The molecule has 236 valence electrons. The Morgan fingerprint density at radius 2 is 1.56 bits per heavy atom. The van der Waals surface area contributed by atoms with Crippen LogP contribution in [0.3, 0.4) is 0 Å².